The third-order valence-electron chi connectivity index (χ3n) is 2.24. The van der Waals surface area contributed by atoms with Crippen LogP contribution in [0.1, 0.15) is 19.6 Å². The number of aliphatic hydroxyl groups is 1. The zero-order valence-corrected chi connectivity index (χ0v) is 11.9. The quantitative estimate of drug-likeness (QED) is 0.866. The number of rotatable bonds is 5. The predicted molar refractivity (Wildman–Crippen MR) is 66.7 cm³/mol. The molecule has 15 heavy (non-hydrogen) atoms. The maximum atomic E-state index is 9.12. The lowest BCUT2D eigenvalue weighted by molar-refractivity contribution is 0.207. The van der Waals surface area contributed by atoms with E-state index < -0.39 is 0 Å². The summed E-state index contributed by atoms with van der Waals surface area (Å²) < 4.78 is 7.02. The monoisotopic (exact) mass is 339 g/mol. The fraction of sp³-hybridized carbons (Fsp3) is 0.600. The second kappa shape index (κ2) is 6.03. The summed E-state index contributed by atoms with van der Waals surface area (Å²) >= 11 is 6.63. The van der Waals surface area contributed by atoms with Gasteiger partial charge in [0.1, 0.15) is 5.76 Å². The van der Waals surface area contributed by atoms with E-state index >= 15 is 0 Å². The fourth-order valence-electron chi connectivity index (χ4n) is 1.22. The summed E-state index contributed by atoms with van der Waals surface area (Å²) in [5.41, 5.74) is 0. The Morgan fingerprint density at radius 1 is 1.47 bits per heavy atom. The normalized spacial score (nSPS) is 13.5. The van der Waals surface area contributed by atoms with Gasteiger partial charge in [-0.2, -0.15) is 0 Å². The van der Waals surface area contributed by atoms with Crippen LogP contribution < -0.4 is 5.32 Å². The van der Waals surface area contributed by atoms with Gasteiger partial charge in [-0.25, -0.2) is 0 Å². The Hall–Kier alpha value is 0.160. The zero-order valence-electron chi connectivity index (χ0n) is 8.76. The Morgan fingerprint density at radius 2 is 2.13 bits per heavy atom. The van der Waals surface area contributed by atoms with Crippen LogP contribution in [0.3, 0.4) is 0 Å². The molecule has 3 nitrogen and oxygen atoms in total. The van der Waals surface area contributed by atoms with Crippen molar-refractivity contribution >= 4 is 31.9 Å². The molecule has 0 spiro atoms. The molecule has 1 heterocycles. The first-order chi connectivity index (χ1) is 7.04. The molecule has 0 fully saturated rings. The van der Waals surface area contributed by atoms with Crippen LogP contribution in [0, 0.1) is 5.92 Å². The van der Waals surface area contributed by atoms with Crippen LogP contribution in [0.5, 0.6) is 0 Å². The first kappa shape index (κ1) is 13.2. The third kappa shape index (κ3) is 3.90. The molecule has 0 aromatic carbocycles. The smallest absolute Gasteiger partial charge is 0.183 e. The average Bonchev–Trinajstić information content (AvgIpc) is 2.47. The molecule has 0 bridgehead atoms. The number of nitrogens with one attached hydrogen (secondary N) is 1. The van der Waals surface area contributed by atoms with Crippen molar-refractivity contribution in [1.82, 2.24) is 5.32 Å². The van der Waals surface area contributed by atoms with E-state index in [0.29, 0.717) is 17.1 Å². The maximum Gasteiger partial charge on any atom is 0.183 e. The highest BCUT2D eigenvalue weighted by molar-refractivity contribution is 9.13. The van der Waals surface area contributed by atoms with E-state index in [0.717, 1.165) is 10.2 Å². The van der Waals surface area contributed by atoms with Gasteiger partial charge in [0.25, 0.3) is 0 Å². The summed E-state index contributed by atoms with van der Waals surface area (Å²) in [6.07, 6.45) is 0. The first-order valence-electron chi connectivity index (χ1n) is 4.82. The van der Waals surface area contributed by atoms with E-state index in [1.165, 1.54) is 0 Å². The number of aliphatic hydroxyl groups excluding tert-OH is 1. The first-order valence-corrected chi connectivity index (χ1v) is 6.41. The largest absolute Gasteiger partial charge is 0.452 e. The minimum absolute atomic E-state index is 0.104. The predicted octanol–water partition coefficient (Wildman–Crippen LogP) is 2.91. The van der Waals surface area contributed by atoms with Crippen LogP contribution in [0.4, 0.5) is 0 Å². The fourth-order valence-corrected chi connectivity index (χ4v) is 1.88. The third-order valence-corrected chi connectivity index (χ3v) is 3.95. The molecule has 2 N–H and O–H groups in total. The Labute approximate surface area is 106 Å². The van der Waals surface area contributed by atoms with Crippen molar-refractivity contribution in [3.63, 3.8) is 0 Å². The van der Waals surface area contributed by atoms with Crippen molar-refractivity contribution in [2.45, 2.75) is 26.4 Å². The van der Waals surface area contributed by atoms with Crippen LogP contribution in [-0.2, 0) is 6.54 Å². The van der Waals surface area contributed by atoms with Crippen molar-refractivity contribution < 1.29 is 9.52 Å². The molecule has 0 radical (unpaired) electrons. The molecular weight excluding hydrogens is 326 g/mol. The lowest BCUT2D eigenvalue weighted by Crippen LogP contribution is -2.36. The van der Waals surface area contributed by atoms with Crippen molar-refractivity contribution in [3.05, 3.63) is 21.0 Å². The van der Waals surface area contributed by atoms with Gasteiger partial charge in [0.2, 0.25) is 0 Å². The van der Waals surface area contributed by atoms with E-state index in [9.17, 15) is 0 Å². The second-order valence-electron chi connectivity index (χ2n) is 3.75. The van der Waals surface area contributed by atoms with E-state index in [4.69, 9.17) is 9.52 Å². The van der Waals surface area contributed by atoms with Gasteiger partial charge in [-0.1, -0.05) is 13.8 Å². The maximum absolute atomic E-state index is 9.12. The minimum atomic E-state index is 0.104. The highest BCUT2D eigenvalue weighted by Crippen LogP contribution is 2.26. The molecule has 1 rings (SSSR count). The summed E-state index contributed by atoms with van der Waals surface area (Å²) in [6, 6.07) is 2.01. The Balaban J connectivity index is 2.49. The molecule has 0 unspecified atom stereocenters. The van der Waals surface area contributed by atoms with Gasteiger partial charge in [-0.05, 0) is 43.8 Å². The van der Waals surface area contributed by atoms with E-state index in [2.05, 4.69) is 51.0 Å². The van der Waals surface area contributed by atoms with E-state index in [1.807, 2.05) is 6.07 Å². The minimum Gasteiger partial charge on any atom is -0.452 e. The van der Waals surface area contributed by atoms with Crippen LogP contribution in [-0.4, -0.2) is 17.8 Å². The molecule has 1 aromatic rings. The molecule has 0 aliphatic heterocycles. The molecule has 5 heteroatoms. The number of halogens is 2. The van der Waals surface area contributed by atoms with Gasteiger partial charge >= 0.3 is 0 Å². The van der Waals surface area contributed by atoms with Gasteiger partial charge in [0.15, 0.2) is 4.67 Å². The summed E-state index contributed by atoms with van der Waals surface area (Å²) in [4.78, 5) is 0. The summed E-state index contributed by atoms with van der Waals surface area (Å²) in [6.45, 7) is 4.90. The van der Waals surface area contributed by atoms with Crippen molar-refractivity contribution in [2.24, 2.45) is 5.92 Å². The van der Waals surface area contributed by atoms with Gasteiger partial charge in [-0.15, -0.1) is 0 Å². The van der Waals surface area contributed by atoms with Gasteiger partial charge in [-0.3, -0.25) is 0 Å². The molecular formula is C10H15Br2NO2. The lowest BCUT2D eigenvalue weighted by Gasteiger charge is -2.18. The summed E-state index contributed by atoms with van der Waals surface area (Å²) in [5.74, 6) is 1.24. The molecule has 0 saturated carbocycles. The molecule has 0 aliphatic rings. The highest BCUT2D eigenvalue weighted by atomic mass is 79.9. The van der Waals surface area contributed by atoms with E-state index in [1.54, 1.807) is 0 Å². The van der Waals surface area contributed by atoms with Crippen LogP contribution in [0.2, 0.25) is 0 Å². The molecule has 0 amide bonds. The Bertz CT molecular complexity index is 293. The SMILES string of the molecule is CC(C)[C@@H](CO)NCc1cc(Br)c(Br)o1. The van der Waals surface area contributed by atoms with Crippen molar-refractivity contribution in [3.8, 4) is 0 Å². The Morgan fingerprint density at radius 3 is 2.53 bits per heavy atom. The van der Waals surface area contributed by atoms with Crippen LogP contribution in [0.25, 0.3) is 0 Å². The van der Waals surface area contributed by atoms with Crippen LogP contribution in [0.15, 0.2) is 19.6 Å². The molecule has 0 aliphatic carbocycles. The molecule has 0 saturated heterocycles. The van der Waals surface area contributed by atoms with Crippen molar-refractivity contribution in [1.29, 1.82) is 0 Å². The standard InChI is InChI=1S/C10H15Br2NO2/c1-6(2)9(5-14)13-4-7-3-8(11)10(12)15-7/h3,6,9,13-14H,4-5H2,1-2H3/t9-/m1/s1. The summed E-state index contributed by atoms with van der Waals surface area (Å²) in [5, 5.41) is 12.4. The van der Waals surface area contributed by atoms with Crippen molar-refractivity contribution in [2.75, 3.05) is 6.61 Å². The topological polar surface area (TPSA) is 45.4 Å². The van der Waals surface area contributed by atoms with Gasteiger partial charge in [0.05, 0.1) is 17.6 Å². The number of hydrogen-bond acceptors (Lipinski definition) is 3. The zero-order chi connectivity index (χ0) is 11.4. The average molecular weight is 341 g/mol. The summed E-state index contributed by atoms with van der Waals surface area (Å²) in [7, 11) is 0. The van der Waals surface area contributed by atoms with E-state index in [-0.39, 0.29) is 12.6 Å². The lowest BCUT2D eigenvalue weighted by atomic mass is 10.1. The molecule has 86 valence electrons. The Kier molecular flexibility index (Phi) is 5.32. The van der Waals surface area contributed by atoms with Gasteiger partial charge in [0, 0.05) is 6.04 Å². The van der Waals surface area contributed by atoms with Gasteiger partial charge < -0.3 is 14.8 Å². The molecule has 1 aromatic heterocycles. The van der Waals surface area contributed by atoms with Crippen LogP contribution >= 0.6 is 31.9 Å². The second-order valence-corrected chi connectivity index (χ2v) is 5.32. The number of hydrogen-bond donors (Lipinski definition) is 2. The highest BCUT2D eigenvalue weighted by Gasteiger charge is 2.13. The number of furan rings is 1. The molecule has 1 atom stereocenters.